The highest BCUT2D eigenvalue weighted by Gasteiger charge is 2.55. The van der Waals surface area contributed by atoms with Gasteiger partial charge in [-0.3, -0.25) is 4.79 Å². The summed E-state index contributed by atoms with van der Waals surface area (Å²) in [6.07, 6.45) is -3.60. The van der Waals surface area contributed by atoms with E-state index in [-0.39, 0.29) is 17.9 Å². The fourth-order valence-corrected chi connectivity index (χ4v) is 4.68. The van der Waals surface area contributed by atoms with Crippen LogP contribution in [0.25, 0.3) is 11.3 Å². The molecule has 0 saturated carbocycles. The van der Waals surface area contributed by atoms with Crippen LogP contribution < -0.4 is 0 Å². The monoisotopic (exact) mass is 549 g/mol. The van der Waals surface area contributed by atoms with Crippen molar-refractivity contribution in [3.05, 3.63) is 70.9 Å². The minimum absolute atomic E-state index is 0.0379. The van der Waals surface area contributed by atoms with E-state index in [0.29, 0.717) is 0 Å². The van der Waals surface area contributed by atoms with E-state index in [1.165, 1.54) is 24.9 Å². The number of benzene rings is 2. The molecule has 2 fully saturated rings. The molecule has 2 aliphatic rings. The first-order valence-corrected chi connectivity index (χ1v) is 11.9. The predicted molar refractivity (Wildman–Crippen MR) is 126 cm³/mol. The summed E-state index contributed by atoms with van der Waals surface area (Å²) in [5, 5.41) is 7.53. The number of ether oxygens (including phenoxy) is 5. The first kappa shape index (κ1) is 26.2. The average molecular weight is 550 g/mol. The van der Waals surface area contributed by atoms with Crippen LogP contribution in [0.15, 0.2) is 48.7 Å². The predicted octanol–water partition coefficient (Wildman–Crippen LogP) is 3.40. The van der Waals surface area contributed by atoms with E-state index < -0.39 is 65.3 Å². The summed E-state index contributed by atoms with van der Waals surface area (Å²) in [6, 6.07) is 10.2. The highest BCUT2D eigenvalue weighted by Crippen LogP contribution is 2.41. The number of halogens is 3. The number of hydrogen-bond donors (Lipinski definition) is 0. The Morgan fingerprint density at radius 3 is 2.50 bits per heavy atom. The third-order valence-electron chi connectivity index (χ3n) is 6.25. The Kier molecular flexibility index (Phi) is 7.39. The van der Waals surface area contributed by atoms with Crippen LogP contribution in [0.4, 0.5) is 8.78 Å². The summed E-state index contributed by atoms with van der Waals surface area (Å²) in [7, 11) is 1.17. The molecule has 5 rings (SSSR count). The molecule has 2 saturated heterocycles. The molecule has 0 N–H and O–H groups in total. The number of fused-ring (bicyclic) bond motifs is 1. The Bertz CT molecular complexity index is 1320. The second-order valence-electron chi connectivity index (χ2n) is 8.70. The molecule has 0 amide bonds. The lowest BCUT2D eigenvalue weighted by Crippen LogP contribution is -2.62. The van der Waals surface area contributed by atoms with Gasteiger partial charge in [0.05, 0.1) is 19.9 Å². The van der Waals surface area contributed by atoms with Gasteiger partial charge in [0.25, 0.3) is 0 Å². The number of esters is 2. The van der Waals surface area contributed by atoms with E-state index in [2.05, 4.69) is 10.3 Å². The smallest absolute Gasteiger partial charge is 0.339 e. The molecule has 10 nitrogen and oxygen atoms in total. The average Bonchev–Trinajstić information content (AvgIpc) is 3.40. The zero-order valence-electron chi connectivity index (χ0n) is 20.1. The lowest BCUT2D eigenvalue weighted by atomic mass is 9.91. The third-order valence-corrected chi connectivity index (χ3v) is 6.62. The van der Waals surface area contributed by atoms with Crippen LogP contribution in [0.1, 0.15) is 24.8 Å². The van der Waals surface area contributed by atoms with Crippen molar-refractivity contribution in [1.82, 2.24) is 15.0 Å². The Hall–Kier alpha value is -3.45. The van der Waals surface area contributed by atoms with Gasteiger partial charge in [0.1, 0.15) is 40.6 Å². The van der Waals surface area contributed by atoms with Crippen LogP contribution in [0.3, 0.4) is 0 Å². The van der Waals surface area contributed by atoms with Crippen LogP contribution >= 0.6 is 11.6 Å². The van der Waals surface area contributed by atoms with Crippen molar-refractivity contribution in [1.29, 1.82) is 0 Å². The van der Waals surface area contributed by atoms with Gasteiger partial charge in [0.2, 0.25) is 0 Å². The highest BCUT2D eigenvalue weighted by molar-refractivity contribution is 6.31. The van der Waals surface area contributed by atoms with Gasteiger partial charge in [-0.2, -0.15) is 0 Å². The van der Waals surface area contributed by atoms with E-state index in [9.17, 15) is 18.4 Å². The maximum absolute atomic E-state index is 14.1. The number of hydrogen-bond acceptors (Lipinski definition) is 9. The lowest BCUT2D eigenvalue weighted by Gasteiger charge is -2.48. The Morgan fingerprint density at radius 1 is 1.13 bits per heavy atom. The molecule has 1 aromatic heterocycles. The molecule has 6 atom stereocenters. The molecule has 0 spiro atoms. The van der Waals surface area contributed by atoms with Crippen LogP contribution in [0, 0.1) is 11.6 Å². The lowest BCUT2D eigenvalue weighted by molar-refractivity contribution is -0.315. The third kappa shape index (κ3) is 4.99. The largest absolute Gasteiger partial charge is 0.467 e. The topological polar surface area (TPSA) is 111 Å². The van der Waals surface area contributed by atoms with Gasteiger partial charge >= 0.3 is 11.9 Å². The van der Waals surface area contributed by atoms with Gasteiger partial charge in [-0.05, 0) is 12.1 Å². The minimum Gasteiger partial charge on any atom is -0.467 e. The van der Waals surface area contributed by atoms with Crippen molar-refractivity contribution in [2.45, 2.75) is 43.7 Å². The van der Waals surface area contributed by atoms with Gasteiger partial charge in [0, 0.05) is 18.1 Å². The van der Waals surface area contributed by atoms with E-state index in [4.69, 9.17) is 35.3 Å². The molecule has 3 aromatic rings. The number of carbonyl (C=O) groups excluding carboxylic acids is 2. The van der Waals surface area contributed by atoms with Crippen molar-refractivity contribution in [2.24, 2.45) is 0 Å². The highest BCUT2D eigenvalue weighted by atomic mass is 35.5. The van der Waals surface area contributed by atoms with Crippen LogP contribution in [-0.2, 0) is 33.3 Å². The van der Waals surface area contributed by atoms with E-state index in [1.54, 1.807) is 0 Å². The summed E-state index contributed by atoms with van der Waals surface area (Å²) in [5.74, 6) is -3.41. The van der Waals surface area contributed by atoms with Gasteiger partial charge in [-0.1, -0.05) is 47.1 Å². The molecule has 200 valence electrons. The summed E-state index contributed by atoms with van der Waals surface area (Å²) >= 11 is 5.61. The zero-order chi connectivity index (χ0) is 27.0. The van der Waals surface area contributed by atoms with E-state index >= 15 is 0 Å². The normalized spacial score (nSPS) is 26.9. The Balaban J connectivity index is 1.56. The summed E-state index contributed by atoms with van der Waals surface area (Å²) < 4.78 is 58.0. The van der Waals surface area contributed by atoms with E-state index in [0.717, 1.165) is 17.7 Å². The minimum atomic E-state index is -1.34. The number of nitrogens with zero attached hydrogens (tertiary/aromatic N) is 3. The molecule has 3 heterocycles. The Labute approximate surface area is 220 Å². The quantitative estimate of drug-likeness (QED) is 0.349. The standard InChI is InChI=1S/C25H22ClF2N3O7/c1-12(32)36-22-20(31-10-17(29-30-31)14-8-15(27)19(26)16(28)9-14)21-18(37-23(22)24(33)34-2)11-35-25(38-21)13-6-4-3-5-7-13/h3-10,18,20-23,25H,11H2,1-2H3/t18-,20+,21+,22-,23-,25?/m1/s1. The SMILES string of the molecule is COC(=O)[C@@H]1O[C@@H]2COC(c3ccccc3)O[C@@H]2[C@H](n2cc(-c3cc(F)c(Cl)c(F)c3)nn2)[C@H]1OC(C)=O. The van der Waals surface area contributed by atoms with Crippen LogP contribution in [0.5, 0.6) is 0 Å². The van der Waals surface area contributed by atoms with Crippen molar-refractivity contribution in [2.75, 3.05) is 13.7 Å². The second-order valence-corrected chi connectivity index (χ2v) is 9.08. The fourth-order valence-electron chi connectivity index (χ4n) is 4.57. The molecule has 0 bridgehead atoms. The maximum Gasteiger partial charge on any atom is 0.339 e. The molecule has 38 heavy (non-hydrogen) atoms. The summed E-state index contributed by atoms with van der Waals surface area (Å²) in [5.41, 5.74) is 0.906. The number of rotatable bonds is 5. The fraction of sp³-hybridized carbons (Fsp3) is 0.360. The van der Waals surface area contributed by atoms with Crippen molar-refractivity contribution in [3.8, 4) is 11.3 Å². The number of carbonyl (C=O) groups is 2. The van der Waals surface area contributed by atoms with Crippen LogP contribution in [0.2, 0.25) is 5.02 Å². The molecular weight excluding hydrogens is 528 g/mol. The summed E-state index contributed by atoms with van der Waals surface area (Å²) in [6.45, 7) is 1.22. The molecule has 13 heteroatoms. The Morgan fingerprint density at radius 2 is 1.84 bits per heavy atom. The van der Waals surface area contributed by atoms with Crippen molar-refractivity contribution < 1.29 is 42.1 Å². The first-order valence-electron chi connectivity index (χ1n) is 11.6. The van der Waals surface area contributed by atoms with Gasteiger partial charge < -0.3 is 23.7 Å². The van der Waals surface area contributed by atoms with E-state index in [1.807, 2.05) is 30.3 Å². The van der Waals surface area contributed by atoms with Gasteiger partial charge in [0.15, 0.2) is 18.5 Å². The maximum atomic E-state index is 14.1. The first-order chi connectivity index (χ1) is 18.3. The molecule has 1 unspecified atom stereocenters. The summed E-state index contributed by atoms with van der Waals surface area (Å²) in [4.78, 5) is 24.8. The van der Waals surface area contributed by atoms with Crippen molar-refractivity contribution >= 4 is 23.5 Å². The van der Waals surface area contributed by atoms with Gasteiger partial charge in [-0.25, -0.2) is 18.3 Å². The second kappa shape index (κ2) is 10.7. The molecule has 0 radical (unpaired) electrons. The number of methoxy groups -OCH3 is 1. The van der Waals surface area contributed by atoms with Crippen molar-refractivity contribution in [3.63, 3.8) is 0 Å². The van der Waals surface area contributed by atoms with Gasteiger partial charge in [-0.15, -0.1) is 5.10 Å². The molecule has 2 aromatic carbocycles. The molecule has 0 aliphatic carbocycles. The molecular formula is C25H22ClF2N3O7. The number of aromatic nitrogens is 3. The van der Waals surface area contributed by atoms with Crippen LogP contribution in [-0.4, -0.2) is 65.1 Å². The zero-order valence-corrected chi connectivity index (χ0v) is 20.9. The molecule has 2 aliphatic heterocycles.